The molecule has 23 heavy (non-hydrogen) atoms. The largest absolute Gasteiger partial charge is 0.304 e. The van der Waals surface area contributed by atoms with Gasteiger partial charge in [0.1, 0.15) is 0 Å². The molecule has 0 saturated carbocycles. The Morgan fingerprint density at radius 3 is 2.39 bits per heavy atom. The molecule has 3 rings (SSSR count). The molecule has 0 spiro atoms. The number of sulfonamides is 1. The first-order valence-electron chi connectivity index (χ1n) is 8.02. The first-order chi connectivity index (χ1) is 11.0. The van der Waals surface area contributed by atoms with E-state index >= 15 is 0 Å². The highest BCUT2D eigenvalue weighted by Gasteiger charge is 2.41. The molecule has 2 saturated heterocycles. The fraction of sp³-hybridized carbons (Fsp3) is 0.562. The summed E-state index contributed by atoms with van der Waals surface area (Å²) in [5.74, 6) is -0.284. The van der Waals surface area contributed by atoms with Crippen molar-refractivity contribution in [3.05, 3.63) is 30.3 Å². The van der Waals surface area contributed by atoms with E-state index in [4.69, 9.17) is 0 Å². The molecule has 7 heteroatoms. The van der Waals surface area contributed by atoms with Gasteiger partial charge in [0.25, 0.3) is 10.0 Å². The third-order valence-electron chi connectivity index (χ3n) is 4.63. The summed E-state index contributed by atoms with van der Waals surface area (Å²) < 4.78 is 26.8. The molecule has 0 aliphatic carbocycles. The van der Waals surface area contributed by atoms with E-state index in [0.29, 0.717) is 19.4 Å². The molecule has 1 unspecified atom stereocenters. The van der Waals surface area contributed by atoms with Gasteiger partial charge in [0.2, 0.25) is 5.91 Å². The standard InChI is InChI=1S/C16H23N3O3S/c1-17-9-11-18(12-10-17)13-14-7-8-16(20)19(14)23(21,22)15-5-3-2-4-6-15/h2-6,14H,7-13H2,1H3. The van der Waals surface area contributed by atoms with Gasteiger partial charge in [-0.2, -0.15) is 0 Å². The molecule has 2 heterocycles. The maximum Gasteiger partial charge on any atom is 0.266 e. The van der Waals surface area contributed by atoms with Gasteiger partial charge in [-0.05, 0) is 25.6 Å². The smallest absolute Gasteiger partial charge is 0.266 e. The zero-order valence-electron chi connectivity index (χ0n) is 13.4. The van der Waals surface area contributed by atoms with Gasteiger partial charge in [0.15, 0.2) is 0 Å². The Morgan fingerprint density at radius 2 is 1.74 bits per heavy atom. The van der Waals surface area contributed by atoms with E-state index in [1.807, 2.05) is 0 Å². The van der Waals surface area contributed by atoms with Crippen LogP contribution >= 0.6 is 0 Å². The van der Waals surface area contributed by atoms with Crippen molar-refractivity contribution < 1.29 is 13.2 Å². The zero-order valence-corrected chi connectivity index (χ0v) is 14.2. The van der Waals surface area contributed by atoms with Crippen molar-refractivity contribution in [1.82, 2.24) is 14.1 Å². The Kier molecular flexibility index (Phi) is 4.70. The Labute approximate surface area is 137 Å². The minimum absolute atomic E-state index is 0.193. The summed E-state index contributed by atoms with van der Waals surface area (Å²) in [6, 6.07) is 7.98. The average Bonchev–Trinajstić information content (AvgIpc) is 2.92. The van der Waals surface area contributed by atoms with Crippen molar-refractivity contribution >= 4 is 15.9 Å². The van der Waals surface area contributed by atoms with Crippen molar-refractivity contribution in [3.63, 3.8) is 0 Å². The molecule has 0 N–H and O–H groups in total. The van der Waals surface area contributed by atoms with E-state index in [2.05, 4.69) is 16.8 Å². The molecule has 0 aromatic heterocycles. The molecular formula is C16H23N3O3S. The number of benzene rings is 1. The Balaban J connectivity index is 1.77. The number of hydrogen-bond acceptors (Lipinski definition) is 5. The van der Waals surface area contributed by atoms with Gasteiger partial charge in [-0.3, -0.25) is 9.69 Å². The van der Waals surface area contributed by atoms with Crippen LogP contribution in [-0.4, -0.2) is 74.2 Å². The number of amides is 1. The van der Waals surface area contributed by atoms with E-state index < -0.39 is 10.0 Å². The predicted molar refractivity (Wildman–Crippen MR) is 87.4 cm³/mol. The second-order valence-corrected chi connectivity index (χ2v) is 8.12. The number of hydrogen-bond donors (Lipinski definition) is 0. The molecule has 126 valence electrons. The molecule has 0 bridgehead atoms. The third-order valence-corrected chi connectivity index (χ3v) is 6.52. The van der Waals surface area contributed by atoms with E-state index in [9.17, 15) is 13.2 Å². The monoisotopic (exact) mass is 337 g/mol. The Hall–Kier alpha value is -1.44. The van der Waals surface area contributed by atoms with Gasteiger partial charge in [0, 0.05) is 39.1 Å². The van der Waals surface area contributed by atoms with Crippen molar-refractivity contribution in [1.29, 1.82) is 0 Å². The normalized spacial score (nSPS) is 24.3. The van der Waals surface area contributed by atoms with Crippen LogP contribution < -0.4 is 0 Å². The van der Waals surface area contributed by atoms with E-state index in [1.165, 1.54) is 0 Å². The van der Waals surface area contributed by atoms with Crippen molar-refractivity contribution in [2.24, 2.45) is 0 Å². The number of likely N-dealkylation sites (N-methyl/N-ethyl adjacent to an activating group) is 1. The maximum atomic E-state index is 12.8. The molecule has 2 fully saturated rings. The summed E-state index contributed by atoms with van der Waals surface area (Å²) in [5.41, 5.74) is 0. The Morgan fingerprint density at radius 1 is 1.09 bits per heavy atom. The van der Waals surface area contributed by atoms with Crippen LogP contribution in [0.5, 0.6) is 0 Å². The van der Waals surface area contributed by atoms with Crippen LogP contribution in [0.4, 0.5) is 0 Å². The van der Waals surface area contributed by atoms with Gasteiger partial charge in [-0.1, -0.05) is 18.2 Å². The van der Waals surface area contributed by atoms with Crippen LogP contribution in [-0.2, 0) is 14.8 Å². The number of carbonyl (C=O) groups excluding carboxylic acids is 1. The van der Waals surface area contributed by atoms with Gasteiger partial charge < -0.3 is 4.90 Å². The van der Waals surface area contributed by atoms with Crippen LogP contribution in [0.3, 0.4) is 0 Å². The van der Waals surface area contributed by atoms with Crippen LogP contribution in [0.25, 0.3) is 0 Å². The van der Waals surface area contributed by atoms with Gasteiger partial charge in [-0.25, -0.2) is 12.7 Å². The molecule has 2 aliphatic rings. The number of piperazine rings is 1. The van der Waals surface area contributed by atoms with Crippen LogP contribution in [0.2, 0.25) is 0 Å². The molecule has 1 amide bonds. The summed E-state index contributed by atoms with van der Waals surface area (Å²) in [5, 5.41) is 0. The molecular weight excluding hydrogens is 314 g/mol. The molecule has 1 atom stereocenters. The first-order valence-corrected chi connectivity index (χ1v) is 9.46. The highest BCUT2D eigenvalue weighted by Crippen LogP contribution is 2.27. The van der Waals surface area contributed by atoms with E-state index in [1.54, 1.807) is 30.3 Å². The van der Waals surface area contributed by atoms with Crippen LogP contribution in [0.15, 0.2) is 35.2 Å². The lowest BCUT2D eigenvalue weighted by atomic mass is 10.2. The van der Waals surface area contributed by atoms with Crippen LogP contribution in [0, 0.1) is 0 Å². The minimum atomic E-state index is -3.75. The number of nitrogens with zero attached hydrogens (tertiary/aromatic N) is 3. The highest BCUT2D eigenvalue weighted by molar-refractivity contribution is 7.89. The summed E-state index contributed by atoms with van der Waals surface area (Å²) in [4.78, 5) is 16.9. The van der Waals surface area contributed by atoms with E-state index in [0.717, 1.165) is 30.5 Å². The number of rotatable bonds is 4. The summed E-state index contributed by atoms with van der Waals surface area (Å²) in [6.45, 7) is 4.42. The number of carbonyl (C=O) groups is 1. The van der Waals surface area contributed by atoms with Crippen molar-refractivity contribution in [3.8, 4) is 0 Å². The van der Waals surface area contributed by atoms with Gasteiger partial charge in [0.05, 0.1) is 10.9 Å². The summed E-state index contributed by atoms with van der Waals surface area (Å²) in [7, 11) is -1.67. The topological polar surface area (TPSA) is 60.9 Å². The molecule has 6 nitrogen and oxygen atoms in total. The average molecular weight is 337 g/mol. The van der Waals surface area contributed by atoms with Crippen molar-refractivity contribution in [2.45, 2.75) is 23.8 Å². The molecule has 0 radical (unpaired) electrons. The summed E-state index contributed by atoms with van der Waals surface area (Å²) >= 11 is 0. The lowest BCUT2D eigenvalue weighted by Crippen LogP contribution is -2.50. The predicted octanol–water partition coefficient (Wildman–Crippen LogP) is 0.614. The first kappa shape index (κ1) is 16.4. The van der Waals surface area contributed by atoms with Crippen molar-refractivity contribution in [2.75, 3.05) is 39.8 Å². The fourth-order valence-electron chi connectivity index (χ4n) is 3.25. The second kappa shape index (κ2) is 6.59. The van der Waals surface area contributed by atoms with Gasteiger partial charge in [-0.15, -0.1) is 0 Å². The summed E-state index contributed by atoms with van der Waals surface area (Å²) in [6.07, 6.45) is 0.918. The maximum absolute atomic E-state index is 12.8. The Bertz CT molecular complexity index is 654. The molecule has 2 aliphatic heterocycles. The van der Waals surface area contributed by atoms with Gasteiger partial charge >= 0.3 is 0 Å². The SMILES string of the molecule is CN1CCN(CC2CCC(=O)N2S(=O)(=O)c2ccccc2)CC1. The lowest BCUT2D eigenvalue weighted by molar-refractivity contribution is -0.124. The van der Waals surface area contributed by atoms with E-state index in [-0.39, 0.29) is 16.8 Å². The third kappa shape index (κ3) is 3.41. The quantitative estimate of drug-likeness (QED) is 0.806. The lowest BCUT2D eigenvalue weighted by Gasteiger charge is -2.35. The highest BCUT2D eigenvalue weighted by atomic mass is 32.2. The van der Waals surface area contributed by atoms with Crippen LogP contribution in [0.1, 0.15) is 12.8 Å². The molecule has 1 aromatic rings. The minimum Gasteiger partial charge on any atom is -0.304 e. The second-order valence-electron chi connectivity index (χ2n) is 6.30. The zero-order chi connectivity index (χ0) is 16.4. The molecule has 1 aromatic carbocycles. The fourth-order valence-corrected chi connectivity index (χ4v) is 4.90.